The second-order valence-corrected chi connectivity index (χ2v) is 10.1. The second-order valence-electron chi connectivity index (χ2n) is 10.1. The van der Waals surface area contributed by atoms with Gasteiger partial charge in [-0.15, -0.1) is 5.10 Å². The van der Waals surface area contributed by atoms with Crippen molar-refractivity contribution in [1.82, 2.24) is 25.3 Å². The Morgan fingerprint density at radius 1 is 1.15 bits per heavy atom. The number of aromatic nitrogens is 4. The molecule has 2 aliphatic rings. The zero-order valence-electron chi connectivity index (χ0n) is 19.4. The minimum absolute atomic E-state index is 0.0105. The van der Waals surface area contributed by atoms with Gasteiger partial charge in [0.15, 0.2) is 0 Å². The number of amides is 1. The first-order chi connectivity index (χ1) is 16.6. The van der Waals surface area contributed by atoms with E-state index in [1.54, 1.807) is 10.9 Å². The van der Waals surface area contributed by atoms with Crippen molar-refractivity contribution >= 4 is 16.7 Å². The molecule has 2 fully saturated rings. The normalized spacial score (nSPS) is 22.2. The first-order valence-corrected chi connectivity index (χ1v) is 12.2. The third-order valence-corrected chi connectivity index (χ3v) is 8.13. The minimum atomic E-state index is 0.0105. The number of carbonyl (C=O) groups excluding carboxylic acids is 1. The topological polar surface area (TPSA) is 72.7 Å². The molecule has 1 unspecified atom stereocenters. The van der Waals surface area contributed by atoms with Crippen LogP contribution in [-0.2, 0) is 6.54 Å². The molecule has 1 N–H and O–H groups in total. The van der Waals surface area contributed by atoms with Gasteiger partial charge in [-0.05, 0) is 79.5 Å². The summed E-state index contributed by atoms with van der Waals surface area (Å²) in [5.41, 5.74) is 3.78. The van der Waals surface area contributed by atoms with Crippen LogP contribution in [0, 0.1) is 11.3 Å². The zero-order chi connectivity index (χ0) is 23.1. The summed E-state index contributed by atoms with van der Waals surface area (Å²) < 4.78 is 1.80. The van der Waals surface area contributed by atoms with Gasteiger partial charge in [0.2, 0.25) is 0 Å². The third kappa shape index (κ3) is 3.77. The third-order valence-electron chi connectivity index (χ3n) is 8.13. The van der Waals surface area contributed by atoms with Crippen molar-refractivity contribution < 1.29 is 4.79 Å². The Balaban J connectivity index is 1.20. The maximum Gasteiger partial charge on any atom is 0.251 e. The summed E-state index contributed by atoms with van der Waals surface area (Å²) in [5.74, 6) is 0.878. The van der Waals surface area contributed by atoms with E-state index >= 15 is 0 Å². The molecule has 1 atom stereocenters. The highest BCUT2D eigenvalue weighted by Crippen LogP contribution is 2.55. The molecule has 2 heterocycles. The number of nitrogens with one attached hydrogen (secondary N) is 1. The number of fused-ring (bicyclic) bond motifs is 3. The summed E-state index contributed by atoms with van der Waals surface area (Å²) in [6, 6.07) is 16.2. The van der Waals surface area contributed by atoms with E-state index in [4.69, 9.17) is 0 Å². The first-order valence-electron chi connectivity index (χ1n) is 12.2. The molecule has 2 bridgehead atoms. The Morgan fingerprint density at radius 3 is 2.82 bits per heavy atom. The molecule has 2 aromatic carbocycles. The summed E-state index contributed by atoms with van der Waals surface area (Å²) in [6.07, 6.45) is 12.0. The fourth-order valence-corrected chi connectivity index (χ4v) is 6.08. The molecule has 2 saturated carbocycles. The van der Waals surface area contributed by atoms with Crippen LogP contribution in [-0.4, -0.2) is 31.9 Å². The fraction of sp³-hybridized carbons (Fsp3) is 0.357. The van der Waals surface area contributed by atoms with Gasteiger partial charge in [-0.1, -0.05) is 35.5 Å². The van der Waals surface area contributed by atoms with Gasteiger partial charge in [-0.25, -0.2) is 4.68 Å². The number of hydrogen-bond donors (Lipinski definition) is 1. The van der Waals surface area contributed by atoms with Crippen molar-refractivity contribution in [3.8, 4) is 11.3 Å². The molecule has 172 valence electrons. The molecule has 0 saturated heterocycles. The molecular formula is C28H29N5O. The molecular weight excluding hydrogens is 422 g/mol. The molecule has 4 aromatic rings. The molecule has 34 heavy (non-hydrogen) atoms. The fourth-order valence-electron chi connectivity index (χ4n) is 6.08. The van der Waals surface area contributed by atoms with Crippen molar-refractivity contribution in [2.24, 2.45) is 11.3 Å². The molecule has 2 aromatic heterocycles. The number of rotatable bonds is 6. The van der Waals surface area contributed by atoms with Crippen LogP contribution in [0.15, 0.2) is 67.1 Å². The van der Waals surface area contributed by atoms with Crippen molar-refractivity contribution in [2.75, 3.05) is 0 Å². The van der Waals surface area contributed by atoms with E-state index in [9.17, 15) is 4.79 Å². The summed E-state index contributed by atoms with van der Waals surface area (Å²) in [4.78, 5) is 17.5. The van der Waals surface area contributed by atoms with Crippen LogP contribution >= 0.6 is 0 Å². The summed E-state index contributed by atoms with van der Waals surface area (Å²) in [6.45, 7) is 2.69. The molecule has 6 rings (SSSR count). The Hall–Kier alpha value is -3.54. The van der Waals surface area contributed by atoms with E-state index < -0.39 is 0 Å². The lowest BCUT2D eigenvalue weighted by molar-refractivity contribution is 0.0888. The van der Waals surface area contributed by atoms with Crippen molar-refractivity contribution in [3.63, 3.8) is 0 Å². The number of pyridine rings is 1. The molecule has 0 radical (unpaired) electrons. The summed E-state index contributed by atoms with van der Waals surface area (Å²) in [7, 11) is 0. The van der Waals surface area contributed by atoms with Gasteiger partial charge in [0.1, 0.15) is 5.69 Å². The average molecular weight is 452 g/mol. The predicted molar refractivity (Wildman–Crippen MR) is 132 cm³/mol. The van der Waals surface area contributed by atoms with E-state index in [0.29, 0.717) is 17.5 Å². The van der Waals surface area contributed by atoms with Gasteiger partial charge in [-0.2, -0.15) is 0 Å². The number of benzene rings is 2. The first kappa shape index (κ1) is 21.0. The highest BCUT2D eigenvalue weighted by atomic mass is 16.1. The monoisotopic (exact) mass is 451 g/mol. The highest BCUT2D eigenvalue weighted by molar-refractivity contribution is 5.96. The standard InChI is InChI=1S/C28H29N5O/c1-19(28-11-8-20(15-28)9-12-28)30-27(34)25-5-3-2-4-24(25)17-33-18-26(31-32-33)22-6-7-23-16-29-13-10-21(23)14-22/h2-7,10,13-14,16,18-20H,8-9,11-12,15,17H2,1H3,(H,30,34). The van der Waals surface area contributed by atoms with Gasteiger partial charge in [0, 0.05) is 34.9 Å². The minimum Gasteiger partial charge on any atom is -0.349 e. The summed E-state index contributed by atoms with van der Waals surface area (Å²) >= 11 is 0. The SMILES string of the molecule is CC(NC(=O)c1ccccc1Cn1cc(-c2ccc3cnccc3c2)nn1)C12CCC(CC1)C2. The van der Waals surface area contributed by atoms with Crippen LogP contribution in [0.25, 0.3) is 22.0 Å². The lowest BCUT2D eigenvalue weighted by Gasteiger charge is -2.34. The molecule has 0 spiro atoms. The van der Waals surface area contributed by atoms with Gasteiger partial charge in [0.25, 0.3) is 5.91 Å². The van der Waals surface area contributed by atoms with Crippen molar-refractivity contribution in [2.45, 2.75) is 51.6 Å². The Morgan fingerprint density at radius 2 is 2.00 bits per heavy atom. The van der Waals surface area contributed by atoms with Crippen molar-refractivity contribution in [1.29, 1.82) is 0 Å². The second kappa shape index (κ2) is 8.35. The van der Waals surface area contributed by atoms with Crippen LogP contribution in [0.1, 0.15) is 54.9 Å². The van der Waals surface area contributed by atoms with Crippen molar-refractivity contribution in [3.05, 3.63) is 78.2 Å². The van der Waals surface area contributed by atoms with E-state index in [2.05, 4.69) is 33.6 Å². The van der Waals surface area contributed by atoms with E-state index in [1.165, 1.54) is 32.1 Å². The van der Waals surface area contributed by atoms with E-state index in [0.717, 1.165) is 33.5 Å². The number of carbonyl (C=O) groups is 1. The lowest BCUT2D eigenvalue weighted by atomic mass is 9.78. The van der Waals surface area contributed by atoms with Crippen LogP contribution in [0.3, 0.4) is 0 Å². The van der Waals surface area contributed by atoms with E-state index in [1.807, 2.05) is 54.9 Å². The molecule has 1 amide bonds. The smallest absolute Gasteiger partial charge is 0.251 e. The Kier molecular flexibility index (Phi) is 5.16. The molecule has 6 heteroatoms. The lowest BCUT2D eigenvalue weighted by Crippen LogP contribution is -2.44. The van der Waals surface area contributed by atoms with Crippen LogP contribution < -0.4 is 5.32 Å². The maximum absolute atomic E-state index is 13.3. The van der Waals surface area contributed by atoms with Crippen LogP contribution in [0.2, 0.25) is 0 Å². The van der Waals surface area contributed by atoms with Crippen LogP contribution in [0.5, 0.6) is 0 Å². The predicted octanol–water partition coefficient (Wildman–Crippen LogP) is 5.24. The van der Waals surface area contributed by atoms with Gasteiger partial charge < -0.3 is 5.32 Å². The Labute approximate surface area is 199 Å². The van der Waals surface area contributed by atoms with Gasteiger partial charge in [-0.3, -0.25) is 9.78 Å². The average Bonchev–Trinajstić information content (AvgIpc) is 3.61. The zero-order valence-corrected chi connectivity index (χ0v) is 19.4. The highest BCUT2D eigenvalue weighted by Gasteiger charge is 2.48. The quantitative estimate of drug-likeness (QED) is 0.435. The van der Waals surface area contributed by atoms with E-state index in [-0.39, 0.29) is 11.9 Å². The summed E-state index contributed by atoms with van der Waals surface area (Å²) in [5, 5.41) is 14.3. The number of nitrogens with zero attached hydrogens (tertiary/aromatic N) is 4. The van der Waals surface area contributed by atoms with Crippen LogP contribution in [0.4, 0.5) is 0 Å². The maximum atomic E-state index is 13.3. The molecule has 2 aliphatic carbocycles. The Bertz CT molecular complexity index is 1350. The number of hydrogen-bond acceptors (Lipinski definition) is 4. The molecule has 0 aliphatic heterocycles. The molecule has 6 nitrogen and oxygen atoms in total. The largest absolute Gasteiger partial charge is 0.349 e. The van der Waals surface area contributed by atoms with Gasteiger partial charge in [0.05, 0.1) is 12.7 Å². The van der Waals surface area contributed by atoms with Gasteiger partial charge >= 0.3 is 0 Å².